The molecule has 1 aromatic rings. The third-order valence-electron chi connectivity index (χ3n) is 7.45. The molecule has 0 radical (unpaired) electrons. The number of anilines is 1. The van der Waals surface area contributed by atoms with Gasteiger partial charge in [0.2, 0.25) is 0 Å². The largest absolute Gasteiger partial charge is 0.444 e. The lowest BCUT2D eigenvalue weighted by molar-refractivity contribution is 0.0449. The molecule has 3 rings (SSSR count). The van der Waals surface area contributed by atoms with Crippen LogP contribution in [0.2, 0.25) is 18.1 Å². The van der Waals surface area contributed by atoms with E-state index in [2.05, 4.69) is 39.2 Å². The Kier molecular flexibility index (Phi) is 8.63. The van der Waals surface area contributed by atoms with Crippen LogP contribution in [0.4, 0.5) is 24.1 Å². The number of carbonyl (C=O) groups excluding carboxylic acids is 2. The maximum Gasteiger partial charge on any atom is 0.414 e. The van der Waals surface area contributed by atoms with E-state index in [1.165, 1.54) is 11.0 Å². The maximum atomic E-state index is 15.2. The van der Waals surface area contributed by atoms with Gasteiger partial charge in [-0.2, -0.15) is 0 Å². The number of alkyl carbamates (subject to hydrolysis) is 1. The number of nitrogens with one attached hydrogen (secondary N) is 1. The van der Waals surface area contributed by atoms with E-state index < -0.39 is 50.3 Å². The first-order chi connectivity index (χ1) is 17.0. The van der Waals surface area contributed by atoms with E-state index in [4.69, 9.17) is 13.9 Å². The molecule has 10 heteroatoms. The summed E-state index contributed by atoms with van der Waals surface area (Å²) in [5.41, 5.74) is 0.173. The Bertz CT molecular complexity index is 992. The van der Waals surface area contributed by atoms with Crippen LogP contribution in [-0.4, -0.2) is 57.6 Å². The van der Waals surface area contributed by atoms with Crippen LogP contribution in [0.1, 0.15) is 72.3 Å². The van der Waals surface area contributed by atoms with Crippen molar-refractivity contribution in [2.45, 2.75) is 109 Å². The second-order valence-electron chi connectivity index (χ2n) is 12.6. The Balaban J connectivity index is 1.59. The van der Waals surface area contributed by atoms with Crippen LogP contribution in [0.25, 0.3) is 0 Å². The van der Waals surface area contributed by atoms with Crippen molar-refractivity contribution in [3.8, 4) is 0 Å². The van der Waals surface area contributed by atoms with Crippen molar-refractivity contribution < 1.29 is 32.3 Å². The quantitative estimate of drug-likeness (QED) is 0.408. The first-order valence-electron chi connectivity index (χ1n) is 13.0. The Morgan fingerprint density at radius 3 is 2.43 bits per heavy atom. The number of alkyl halides is 1. The van der Waals surface area contributed by atoms with Gasteiger partial charge in [-0.25, -0.2) is 18.4 Å². The average molecular weight is 541 g/mol. The fraction of sp³-hybridized carbons (Fsp3) is 0.704. The van der Waals surface area contributed by atoms with Crippen molar-refractivity contribution in [3.05, 3.63) is 29.6 Å². The van der Waals surface area contributed by atoms with Gasteiger partial charge in [0.1, 0.15) is 23.7 Å². The van der Waals surface area contributed by atoms with E-state index in [-0.39, 0.29) is 30.5 Å². The molecule has 2 fully saturated rings. The summed E-state index contributed by atoms with van der Waals surface area (Å²) in [6, 6.07) is 4.59. The predicted octanol–water partition coefficient (Wildman–Crippen LogP) is 6.67. The number of hydrogen-bond acceptors (Lipinski definition) is 5. The van der Waals surface area contributed by atoms with E-state index >= 15 is 8.78 Å². The number of cyclic esters (lactones) is 1. The highest BCUT2D eigenvalue weighted by Crippen LogP contribution is 2.42. The lowest BCUT2D eigenvalue weighted by Gasteiger charge is -2.42. The molecule has 1 N–H and O–H groups in total. The van der Waals surface area contributed by atoms with E-state index in [1.807, 2.05) is 0 Å². The van der Waals surface area contributed by atoms with Crippen LogP contribution in [0.15, 0.2) is 18.2 Å². The first kappa shape index (κ1) is 29.4. The minimum atomic E-state index is -2.10. The van der Waals surface area contributed by atoms with Gasteiger partial charge >= 0.3 is 12.2 Å². The fourth-order valence-corrected chi connectivity index (χ4v) is 5.80. The molecule has 37 heavy (non-hydrogen) atoms. The summed E-state index contributed by atoms with van der Waals surface area (Å²) in [6.07, 6.45) is -2.03. The lowest BCUT2D eigenvalue weighted by atomic mass is 9.81. The van der Waals surface area contributed by atoms with Crippen LogP contribution in [0, 0.1) is 5.82 Å². The standard InChI is InChI=1S/C27H42F2N2O5Si/c1-26(2,3)35-24(32)30-15-19-16-31(25(33)34-19)18-10-11-20(21(28)14-18)17-9-12-23(22(29)13-17)36-37(7,8)27(4,5)6/h10-11,14,17,19,22-23H,9,12-13,15-16H2,1-8H3,(H,30,32)/t17?,19-,22?,23?/m0/s1. The Hall–Kier alpha value is -2.20. The van der Waals surface area contributed by atoms with Gasteiger partial charge in [-0.1, -0.05) is 26.8 Å². The number of amides is 2. The van der Waals surface area contributed by atoms with Gasteiger partial charge in [0, 0.05) is 0 Å². The first-order valence-corrected chi connectivity index (χ1v) is 15.9. The lowest BCUT2D eigenvalue weighted by Crippen LogP contribution is -2.47. The van der Waals surface area contributed by atoms with Crippen LogP contribution < -0.4 is 10.2 Å². The van der Waals surface area contributed by atoms with E-state index in [1.54, 1.807) is 32.9 Å². The van der Waals surface area contributed by atoms with Gasteiger partial charge in [-0.15, -0.1) is 0 Å². The predicted molar refractivity (Wildman–Crippen MR) is 142 cm³/mol. The van der Waals surface area contributed by atoms with E-state index in [0.29, 0.717) is 24.1 Å². The number of rotatable bonds is 6. The summed E-state index contributed by atoms with van der Waals surface area (Å²) in [5, 5.41) is 2.58. The molecule has 1 aliphatic heterocycles. The molecule has 1 aromatic carbocycles. The Morgan fingerprint density at radius 2 is 1.86 bits per heavy atom. The average Bonchev–Trinajstić information content (AvgIpc) is 3.12. The molecule has 3 unspecified atom stereocenters. The van der Waals surface area contributed by atoms with Gasteiger partial charge < -0.3 is 19.2 Å². The molecule has 1 aliphatic carbocycles. The third-order valence-corrected chi connectivity index (χ3v) is 12.0. The van der Waals surface area contributed by atoms with Gasteiger partial charge in [0.15, 0.2) is 8.32 Å². The Morgan fingerprint density at radius 1 is 1.19 bits per heavy atom. The van der Waals surface area contributed by atoms with E-state index in [0.717, 1.165) is 0 Å². The monoisotopic (exact) mass is 540 g/mol. The van der Waals surface area contributed by atoms with Gasteiger partial charge in [0.05, 0.1) is 24.9 Å². The highest BCUT2D eigenvalue weighted by Gasteiger charge is 2.43. The highest BCUT2D eigenvalue weighted by molar-refractivity contribution is 6.74. The van der Waals surface area contributed by atoms with Crippen molar-refractivity contribution in [1.29, 1.82) is 0 Å². The van der Waals surface area contributed by atoms with Crippen LogP contribution >= 0.6 is 0 Å². The zero-order chi connectivity index (χ0) is 27.8. The van der Waals surface area contributed by atoms with Gasteiger partial charge in [-0.05, 0) is 81.8 Å². The second-order valence-corrected chi connectivity index (χ2v) is 17.4. The summed E-state index contributed by atoms with van der Waals surface area (Å²) in [4.78, 5) is 25.6. The zero-order valence-corrected chi connectivity index (χ0v) is 24.3. The summed E-state index contributed by atoms with van der Waals surface area (Å²) >= 11 is 0. The van der Waals surface area contributed by atoms with Crippen LogP contribution in [-0.2, 0) is 13.9 Å². The minimum absolute atomic E-state index is 0.00691. The van der Waals surface area contributed by atoms with Crippen molar-refractivity contribution in [2.75, 3.05) is 18.0 Å². The maximum absolute atomic E-state index is 15.2. The number of nitrogens with zero attached hydrogens (tertiary/aromatic N) is 1. The molecule has 1 saturated carbocycles. The second kappa shape index (κ2) is 10.9. The summed E-state index contributed by atoms with van der Waals surface area (Å²) in [7, 11) is -2.10. The van der Waals surface area contributed by atoms with Crippen molar-refractivity contribution >= 4 is 26.2 Å². The molecular weight excluding hydrogens is 498 g/mol. The molecule has 0 aromatic heterocycles. The SMILES string of the molecule is CC(C)(C)OC(=O)NC[C@H]1CN(c2ccc(C3CCC(O[Si](C)(C)C(C)(C)C)C(F)C3)c(F)c2)C(=O)O1. The van der Waals surface area contributed by atoms with Gasteiger partial charge in [0.25, 0.3) is 0 Å². The molecule has 2 amide bonds. The number of ether oxygens (including phenoxy) is 2. The molecule has 1 heterocycles. The smallest absolute Gasteiger partial charge is 0.414 e. The van der Waals surface area contributed by atoms with Crippen LogP contribution in [0.5, 0.6) is 0 Å². The molecular formula is C27H42F2N2O5Si. The number of carbonyl (C=O) groups is 2. The molecule has 4 atom stereocenters. The molecule has 208 valence electrons. The highest BCUT2D eigenvalue weighted by atomic mass is 28.4. The van der Waals surface area contributed by atoms with Crippen molar-refractivity contribution in [3.63, 3.8) is 0 Å². The zero-order valence-electron chi connectivity index (χ0n) is 23.3. The summed E-state index contributed by atoms with van der Waals surface area (Å²) < 4.78 is 47.1. The van der Waals surface area contributed by atoms with Crippen molar-refractivity contribution in [2.24, 2.45) is 0 Å². The fourth-order valence-electron chi connectivity index (χ4n) is 4.42. The molecule has 0 bridgehead atoms. The third kappa shape index (κ3) is 7.43. The molecule has 0 spiro atoms. The Labute approximate surface area is 220 Å². The summed E-state index contributed by atoms with van der Waals surface area (Å²) in [6.45, 7) is 16.1. The molecule has 1 saturated heterocycles. The van der Waals surface area contributed by atoms with Gasteiger partial charge in [-0.3, -0.25) is 4.90 Å². The number of benzene rings is 1. The number of hydrogen-bond donors (Lipinski definition) is 1. The van der Waals surface area contributed by atoms with E-state index in [9.17, 15) is 9.59 Å². The number of halogens is 2. The summed E-state index contributed by atoms with van der Waals surface area (Å²) in [5.74, 6) is -0.721. The molecule has 7 nitrogen and oxygen atoms in total. The normalized spacial score (nSPS) is 25.1. The minimum Gasteiger partial charge on any atom is -0.444 e. The topological polar surface area (TPSA) is 77.1 Å². The van der Waals surface area contributed by atoms with Crippen LogP contribution in [0.3, 0.4) is 0 Å². The molecule has 2 aliphatic rings. The van der Waals surface area contributed by atoms with Crippen molar-refractivity contribution in [1.82, 2.24) is 5.32 Å².